The molecule has 2 nitrogen and oxygen atoms in total. The third-order valence-electron chi connectivity index (χ3n) is 1.76. The van der Waals surface area contributed by atoms with Gasteiger partial charge in [-0.05, 0) is 32.3 Å². The van der Waals surface area contributed by atoms with E-state index in [1.165, 1.54) is 0 Å². The predicted octanol–water partition coefficient (Wildman–Crippen LogP) is 2.98. The van der Waals surface area contributed by atoms with Crippen molar-refractivity contribution in [2.45, 2.75) is 33.1 Å². The van der Waals surface area contributed by atoms with Gasteiger partial charge in [0.1, 0.15) is 0 Å². The summed E-state index contributed by atoms with van der Waals surface area (Å²) in [5.74, 6) is 0.00860. The maximum atomic E-state index is 11.1. The summed E-state index contributed by atoms with van der Waals surface area (Å²) in [7, 11) is 0. The lowest BCUT2D eigenvalue weighted by atomic mass is 10.2. The molecule has 0 aromatic heterocycles. The van der Waals surface area contributed by atoms with Crippen LogP contribution in [0.2, 0.25) is 0 Å². The van der Waals surface area contributed by atoms with Crippen LogP contribution in [0, 0.1) is 0 Å². The Hall–Kier alpha value is -1.31. The molecular formula is C13H21NO. The van der Waals surface area contributed by atoms with Gasteiger partial charge in [0, 0.05) is 6.54 Å². The summed E-state index contributed by atoms with van der Waals surface area (Å²) in [5.41, 5.74) is 0. The molecule has 0 aromatic rings. The van der Waals surface area contributed by atoms with Crippen LogP contribution in [0.5, 0.6) is 0 Å². The highest BCUT2D eigenvalue weighted by atomic mass is 16.1. The van der Waals surface area contributed by atoms with E-state index >= 15 is 0 Å². The molecule has 0 aliphatic carbocycles. The van der Waals surface area contributed by atoms with Gasteiger partial charge >= 0.3 is 0 Å². The van der Waals surface area contributed by atoms with Gasteiger partial charge in [-0.2, -0.15) is 0 Å². The van der Waals surface area contributed by atoms with E-state index in [0.717, 1.165) is 25.8 Å². The number of rotatable bonds is 7. The lowest BCUT2D eigenvalue weighted by Crippen LogP contribution is -2.21. The van der Waals surface area contributed by atoms with Crippen molar-refractivity contribution in [2.75, 3.05) is 6.54 Å². The molecule has 0 atom stereocenters. The van der Waals surface area contributed by atoms with Gasteiger partial charge in [-0.1, -0.05) is 37.3 Å². The van der Waals surface area contributed by atoms with Crippen LogP contribution in [0.4, 0.5) is 0 Å². The lowest BCUT2D eigenvalue weighted by Gasteiger charge is -1.96. The Balaban J connectivity index is 3.49. The topological polar surface area (TPSA) is 29.1 Å². The molecule has 0 saturated carbocycles. The Labute approximate surface area is 92.8 Å². The van der Waals surface area contributed by atoms with E-state index in [1.54, 1.807) is 6.08 Å². The molecule has 0 aliphatic heterocycles. The van der Waals surface area contributed by atoms with Gasteiger partial charge in [-0.3, -0.25) is 4.79 Å². The molecule has 0 unspecified atom stereocenters. The Kier molecular flexibility index (Phi) is 9.83. The zero-order valence-electron chi connectivity index (χ0n) is 9.70. The molecule has 1 N–H and O–H groups in total. The van der Waals surface area contributed by atoms with E-state index in [2.05, 4.69) is 11.4 Å². The summed E-state index contributed by atoms with van der Waals surface area (Å²) >= 11 is 0. The zero-order valence-corrected chi connectivity index (χ0v) is 9.70. The molecule has 0 rings (SSSR count). The number of carbonyl (C=O) groups is 1. The van der Waals surface area contributed by atoms with Gasteiger partial charge in [0.15, 0.2) is 0 Å². The summed E-state index contributed by atoms with van der Waals surface area (Å²) in [6.07, 6.45) is 14.5. The normalized spacial score (nSPS) is 11.9. The van der Waals surface area contributed by atoms with Crippen molar-refractivity contribution in [3.63, 3.8) is 0 Å². The molecule has 0 aliphatic rings. The first-order valence-corrected chi connectivity index (χ1v) is 5.53. The number of unbranched alkanes of at least 4 members (excludes halogenated alkanes) is 1. The summed E-state index contributed by atoms with van der Waals surface area (Å²) in [4.78, 5) is 11.1. The summed E-state index contributed by atoms with van der Waals surface area (Å²) in [5, 5.41) is 2.79. The SMILES string of the molecule is C/C=C\C=C/CC/C=C/C(=O)NCCC. The summed E-state index contributed by atoms with van der Waals surface area (Å²) in [6, 6.07) is 0. The average molecular weight is 207 g/mol. The van der Waals surface area contributed by atoms with E-state index in [-0.39, 0.29) is 5.91 Å². The Morgan fingerprint density at radius 1 is 1.20 bits per heavy atom. The summed E-state index contributed by atoms with van der Waals surface area (Å²) < 4.78 is 0. The van der Waals surface area contributed by atoms with E-state index in [9.17, 15) is 4.79 Å². The van der Waals surface area contributed by atoms with Crippen LogP contribution in [0.3, 0.4) is 0 Å². The van der Waals surface area contributed by atoms with Crippen LogP contribution in [-0.4, -0.2) is 12.5 Å². The second-order valence-electron chi connectivity index (χ2n) is 3.22. The maximum absolute atomic E-state index is 11.1. The molecule has 0 saturated heterocycles. The summed E-state index contributed by atoms with van der Waals surface area (Å²) in [6.45, 7) is 4.78. The van der Waals surface area contributed by atoms with Crippen molar-refractivity contribution in [1.82, 2.24) is 5.32 Å². The minimum Gasteiger partial charge on any atom is -0.353 e. The minimum absolute atomic E-state index is 0.00860. The van der Waals surface area contributed by atoms with Crippen LogP contribution in [0.15, 0.2) is 36.5 Å². The molecular weight excluding hydrogens is 186 g/mol. The quantitative estimate of drug-likeness (QED) is 0.388. The van der Waals surface area contributed by atoms with E-state index in [0.29, 0.717) is 0 Å². The Bertz CT molecular complexity index is 239. The molecule has 0 radical (unpaired) electrons. The van der Waals surface area contributed by atoms with Gasteiger partial charge in [0.2, 0.25) is 5.91 Å². The largest absolute Gasteiger partial charge is 0.353 e. The first kappa shape index (κ1) is 13.7. The van der Waals surface area contributed by atoms with Crippen molar-refractivity contribution in [3.05, 3.63) is 36.5 Å². The van der Waals surface area contributed by atoms with Crippen molar-refractivity contribution < 1.29 is 4.79 Å². The number of carbonyl (C=O) groups excluding carboxylic acids is 1. The highest BCUT2D eigenvalue weighted by molar-refractivity contribution is 5.87. The highest BCUT2D eigenvalue weighted by Gasteiger charge is 1.90. The predicted molar refractivity (Wildman–Crippen MR) is 65.6 cm³/mol. The number of hydrogen-bond acceptors (Lipinski definition) is 1. The standard InChI is InChI=1S/C13H21NO/c1-3-5-6-7-8-9-10-11-13(15)14-12-4-2/h3,5-7,10-11H,4,8-9,12H2,1-2H3,(H,14,15)/b5-3-,7-6-,11-10+. The highest BCUT2D eigenvalue weighted by Crippen LogP contribution is 1.93. The van der Waals surface area contributed by atoms with Crippen LogP contribution >= 0.6 is 0 Å². The van der Waals surface area contributed by atoms with Crippen LogP contribution in [0.25, 0.3) is 0 Å². The third-order valence-corrected chi connectivity index (χ3v) is 1.76. The van der Waals surface area contributed by atoms with Crippen molar-refractivity contribution in [3.8, 4) is 0 Å². The van der Waals surface area contributed by atoms with Crippen molar-refractivity contribution >= 4 is 5.91 Å². The van der Waals surface area contributed by atoms with Crippen molar-refractivity contribution in [2.24, 2.45) is 0 Å². The fourth-order valence-corrected chi connectivity index (χ4v) is 0.976. The first-order valence-electron chi connectivity index (χ1n) is 5.53. The second-order valence-corrected chi connectivity index (χ2v) is 3.22. The molecule has 0 spiro atoms. The fraction of sp³-hybridized carbons (Fsp3) is 0.462. The lowest BCUT2D eigenvalue weighted by molar-refractivity contribution is -0.116. The number of hydrogen-bond donors (Lipinski definition) is 1. The molecule has 0 aromatic carbocycles. The molecule has 0 fully saturated rings. The Morgan fingerprint density at radius 3 is 2.60 bits per heavy atom. The number of nitrogens with one attached hydrogen (secondary N) is 1. The zero-order chi connectivity index (χ0) is 11.4. The van der Waals surface area contributed by atoms with Crippen LogP contribution in [-0.2, 0) is 4.79 Å². The molecule has 1 amide bonds. The van der Waals surface area contributed by atoms with Gasteiger partial charge in [-0.15, -0.1) is 0 Å². The second kappa shape index (κ2) is 10.8. The van der Waals surface area contributed by atoms with Crippen molar-refractivity contribution in [1.29, 1.82) is 0 Å². The van der Waals surface area contributed by atoms with Gasteiger partial charge < -0.3 is 5.32 Å². The maximum Gasteiger partial charge on any atom is 0.243 e. The molecule has 0 heterocycles. The van der Waals surface area contributed by atoms with E-state index in [1.807, 2.05) is 38.2 Å². The molecule has 0 bridgehead atoms. The molecule has 15 heavy (non-hydrogen) atoms. The van der Waals surface area contributed by atoms with E-state index in [4.69, 9.17) is 0 Å². The molecule has 2 heteroatoms. The minimum atomic E-state index is 0.00860. The van der Waals surface area contributed by atoms with Gasteiger partial charge in [0.05, 0.1) is 0 Å². The van der Waals surface area contributed by atoms with E-state index < -0.39 is 0 Å². The molecule has 84 valence electrons. The third kappa shape index (κ3) is 10.6. The Morgan fingerprint density at radius 2 is 1.93 bits per heavy atom. The first-order chi connectivity index (χ1) is 7.31. The van der Waals surface area contributed by atoms with Crippen LogP contribution < -0.4 is 5.32 Å². The van der Waals surface area contributed by atoms with Gasteiger partial charge in [-0.25, -0.2) is 0 Å². The number of amides is 1. The average Bonchev–Trinajstić information content (AvgIpc) is 2.25. The number of allylic oxidation sites excluding steroid dienone is 5. The van der Waals surface area contributed by atoms with Gasteiger partial charge in [0.25, 0.3) is 0 Å². The monoisotopic (exact) mass is 207 g/mol. The fourth-order valence-electron chi connectivity index (χ4n) is 0.976. The van der Waals surface area contributed by atoms with Crippen LogP contribution in [0.1, 0.15) is 33.1 Å². The smallest absolute Gasteiger partial charge is 0.243 e.